The molecule has 6 nitrogen and oxygen atoms in total. The number of aromatic nitrogens is 2. The number of thiophene rings is 1. The summed E-state index contributed by atoms with van der Waals surface area (Å²) < 4.78 is 7.69. The Bertz CT molecular complexity index is 657. The van der Waals surface area contributed by atoms with Crippen LogP contribution in [0.3, 0.4) is 0 Å². The van der Waals surface area contributed by atoms with Gasteiger partial charge in [-0.1, -0.05) is 6.07 Å². The fraction of sp³-hybridized carbons (Fsp3) is 0.611. The highest BCUT2D eigenvalue weighted by atomic mass is 32.1. The van der Waals surface area contributed by atoms with Crippen LogP contribution in [0.5, 0.6) is 0 Å². The van der Waals surface area contributed by atoms with Crippen molar-refractivity contribution in [3.63, 3.8) is 0 Å². The lowest BCUT2D eigenvalue weighted by Gasteiger charge is -2.25. The largest absolute Gasteiger partial charge is 0.395 e. The summed E-state index contributed by atoms with van der Waals surface area (Å²) in [6, 6.07) is 4.37. The van der Waals surface area contributed by atoms with Gasteiger partial charge in [0.1, 0.15) is 5.82 Å². The Morgan fingerprint density at radius 2 is 2.40 bits per heavy atom. The smallest absolute Gasteiger partial charge is 0.106 e. The molecule has 0 saturated carbocycles. The minimum absolute atomic E-state index is 0.142. The van der Waals surface area contributed by atoms with Gasteiger partial charge in [0.2, 0.25) is 0 Å². The molecule has 2 atom stereocenters. The van der Waals surface area contributed by atoms with E-state index in [0.717, 1.165) is 30.8 Å². The van der Waals surface area contributed by atoms with Gasteiger partial charge < -0.3 is 24.8 Å². The number of nitrogens with zero attached hydrogens (tertiary/aromatic N) is 2. The van der Waals surface area contributed by atoms with Crippen LogP contribution in [0.1, 0.15) is 28.5 Å². The lowest BCUT2D eigenvalue weighted by Crippen LogP contribution is -2.40. The molecule has 0 radical (unpaired) electrons. The predicted octanol–water partition coefficient (Wildman–Crippen LogP) is 1.27. The second kappa shape index (κ2) is 8.91. The number of ether oxygens (including phenoxy) is 1. The van der Waals surface area contributed by atoms with E-state index in [1.807, 2.05) is 24.4 Å². The molecule has 138 valence electrons. The molecule has 2 aromatic rings. The lowest BCUT2D eigenvalue weighted by molar-refractivity contribution is 0.0283. The first kappa shape index (κ1) is 18.5. The summed E-state index contributed by atoms with van der Waals surface area (Å²) in [5, 5.41) is 24.7. The molecule has 1 aliphatic rings. The number of aryl methyl sites for hydroxylation is 1. The van der Waals surface area contributed by atoms with Crippen LogP contribution in [0.25, 0.3) is 0 Å². The third-order valence-electron chi connectivity index (χ3n) is 4.62. The fourth-order valence-electron chi connectivity index (χ4n) is 3.38. The van der Waals surface area contributed by atoms with E-state index < -0.39 is 6.10 Å². The van der Waals surface area contributed by atoms with E-state index in [2.05, 4.69) is 14.9 Å². The molecule has 3 rings (SSSR count). The normalized spacial score (nSPS) is 18.3. The van der Waals surface area contributed by atoms with E-state index in [-0.39, 0.29) is 6.61 Å². The topological polar surface area (TPSA) is 79.5 Å². The molecule has 0 saturated heterocycles. The van der Waals surface area contributed by atoms with Gasteiger partial charge in [0.15, 0.2) is 0 Å². The summed E-state index contributed by atoms with van der Waals surface area (Å²) in [5.41, 5.74) is 2.38. The maximum atomic E-state index is 10.1. The van der Waals surface area contributed by atoms with Crippen molar-refractivity contribution >= 4 is 11.3 Å². The van der Waals surface area contributed by atoms with E-state index in [9.17, 15) is 10.2 Å². The minimum atomic E-state index is -0.505. The maximum Gasteiger partial charge on any atom is 0.106 e. The van der Waals surface area contributed by atoms with Crippen LogP contribution >= 0.6 is 11.3 Å². The Morgan fingerprint density at radius 3 is 3.16 bits per heavy atom. The van der Waals surface area contributed by atoms with Gasteiger partial charge in [-0.2, -0.15) is 0 Å². The number of rotatable bonds is 9. The monoisotopic (exact) mass is 365 g/mol. The Balaban J connectivity index is 1.41. The Morgan fingerprint density at radius 1 is 1.52 bits per heavy atom. The number of hydrogen-bond donors (Lipinski definition) is 3. The van der Waals surface area contributed by atoms with E-state index in [1.165, 1.54) is 10.6 Å². The molecule has 7 heteroatoms. The van der Waals surface area contributed by atoms with E-state index in [4.69, 9.17) is 4.74 Å². The van der Waals surface area contributed by atoms with Crippen molar-refractivity contribution in [3.8, 4) is 0 Å². The van der Waals surface area contributed by atoms with Crippen molar-refractivity contribution in [1.29, 1.82) is 0 Å². The highest BCUT2D eigenvalue weighted by molar-refractivity contribution is 7.09. The number of hydrogen-bond acceptors (Lipinski definition) is 6. The number of nitrogens with one attached hydrogen (secondary N) is 1. The molecule has 0 spiro atoms. The molecule has 2 heterocycles. The van der Waals surface area contributed by atoms with Crippen LogP contribution < -0.4 is 5.32 Å². The van der Waals surface area contributed by atoms with Crippen LogP contribution in [0.15, 0.2) is 17.5 Å². The van der Waals surface area contributed by atoms with E-state index in [0.29, 0.717) is 32.3 Å². The summed E-state index contributed by atoms with van der Waals surface area (Å²) in [4.78, 5) is 5.83. The molecule has 0 aliphatic heterocycles. The standard InChI is InChI=1S/C18H27N3O3S/c1-13-20-17-9-14(4-5-18(17)21(13)6-7-22)19-10-15(23)11-24-12-16-3-2-8-25-16/h2-3,8,14-15,19,22-23H,4-7,9-12H2,1H3. The van der Waals surface area contributed by atoms with Crippen molar-refractivity contribution in [2.45, 2.75) is 51.5 Å². The van der Waals surface area contributed by atoms with Crippen molar-refractivity contribution in [2.75, 3.05) is 19.8 Å². The van der Waals surface area contributed by atoms with Gasteiger partial charge in [-0.05, 0) is 31.2 Å². The molecule has 3 N–H and O–H groups in total. The molecular weight excluding hydrogens is 338 g/mol. The first-order valence-corrected chi connectivity index (χ1v) is 9.72. The van der Waals surface area contributed by atoms with Crippen molar-refractivity contribution < 1.29 is 14.9 Å². The third-order valence-corrected chi connectivity index (χ3v) is 5.47. The lowest BCUT2D eigenvalue weighted by atomic mass is 9.95. The Kier molecular flexibility index (Phi) is 6.61. The maximum absolute atomic E-state index is 10.1. The quantitative estimate of drug-likeness (QED) is 0.624. The first-order valence-electron chi connectivity index (χ1n) is 8.84. The molecule has 25 heavy (non-hydrogen) atoms. The zero-order valence-corrected chi connectivity index (χ0v) is 15.5. The second-order valence-corrected chi connectivity index (χ2v) is 7.56. The summed E-state index contributed by atoms with van der Waals surface area (Å²) >= 11 is 1.66. The first-order chi connectivity index (χ1) is 12.2. The summed E-state index contributed by atoms with van der Waals surface area (Å²) in [7, 11) is 0. The SMILES string of the molecule is Cc1nc2c(n1CCO)CCC(NCC(O)COCc1cccs1)C2. The molecule has 0 fully saturated rings. The molecular formula is C18H27N3O3S. The fourth-order valence-corrected chi connectivity index (χ4v) is 4.02. The van der Waals surface area contributed by atoms with Crippen LogP contribution in [-0.2, 0) is 30.7 Å². The Hall–Kier alpha value is -1.25. The zero-order chi connectivity index (χ0) is 17.6. The molecule has 0 aromatic carbocycles. The average Bonchev–Trinajstić information content (AvgIpc) is 3.21. The van der Waals surface area contributed by atoms with Gasteiger partial charge in [-0.3, -0.25) is 0 Å². The number of imidazole rings is 1. The van der Waals surface area contributed by atoms with Crippen molar-refractivity contribution in [1.82, 2.24) is 14.9 Å². The average molecular weight is 365 g/mol. The van der Waals surface area contributed by atoms with Crippen molar-refractivity contribution in [2.24, 2.45) is 0 Å². The van der Waals surface area contributed by atoms with Gasteiger partial charge in [0.05, 0.1) is 31.6 Å². The van der Waals surface area contributed by atoms with Crippen LogP contribution in [0.2, 0.25) is 0 Å². The molecule has 1 aliphatic carbocycles. The second-order valence-electron chi connectivity index (χ2n) is 6.52. The van der Waals surface area contributed by atoms with Crippen LogP contribution in [-0.4, -0.2) is 51.7 Å². The van der Waals surface area contributed by atoms with Gasteiger partial charge in [0, 0.05) is 36.1 Å². The van der Waals surface area contributed by atoms with Crippen molar-refractivity contribution in [3.05, 3.63) is 39.6 Å². The third kappa shape index (κ3) is 4.89. The highest BCUT2D eigenvalue weighted by Gasteiger charge is 2.24. The van der Waals surface area contributed by atoms with Crippen LogP contribution in [0.4, 0.5) is 0 Å². The number of fused-ring (bicyclic) bond motifs is 1. The summed E-state index contributed by atoms with van der Waals surface area (Å²) in [5.74, 6) is 0.974. The van der Waals surface area contributed by atoms with Gasteiger partial charge in [-0.25, -0.2) is 4.98 Å². The summed E-state index contributed by atoms with van der Waals surface area (Å²) in [6.45, 7) is 4.18. The van der Waals surface area contributed by atoms with Gasteiger partial charge >= 0.3 is 0 Å². The van der Waals surface area contributed by atoms with E-state index >= 15 is 0 Å². The van der Waals surface area contributed by atoms with Gasteiger partial charge in [-0.15, -0.1) is 11.3 Å². The highest BCUT2D eigenvalue weighted by Crippen LogP contribution is 2.22. The molecule has 2 aromatic heterocycles. The number of aliphatic hydroxyl groups excluding tert-OH is 2. The molecule has 0 bridgehead atoms. The summed E-state index contributed by atoms with van der Waals surface area (Å²) in [6.07, 6.45) is 2.35. The Labute approximate surface area is 152 Å². The van der Waals surface area contributed by atoms with Crippen LogP contribution in [0, 0.1) is 6.92 Å². The zero-order valence-electron chi connectivity index (χ0n) is 14.6. The van der Waals surface area contributed by atoms with Gasteiger partial charge in [0.25, 0.3) is 0 Å². The number of aliphatic hydroxyl groups is 2. The minimum Gasteiger partial charge on any atom is -0.395 e. The van der Waals surface area contributed by atoms with E-state index in [1.54, 1.807) is 11.3 Å². The molecule has 2 unspecified atom stereocenters. The molecule has 0 amide bonds. The predicted molar refractivity (Wildman–Crippen MR) is 97.8 cm³/mol.